The van der Waals surface area contributed by atoms with Crippen LogP contribution in [0, 0.1) is 0 Å². The van der Waals surface area contributed by atoms with Crippen LogP contribution in [0.3, 0.4) is 0 Å². The van der Waals surface area contributed by atoms with Crippen molar-refractivity contribution in [3.8, 4) is 5.75 Å². The first-order chi connectivity index (χ1) is 13.3. The molecule has 1 atom stereocenters. The van der Waals surface area contributed by atoms with Crippen molar-refractivity contribution < 1.29 is 19.1 Å². The molecule has 1 heterocycles. The van der Waals surface area contributed by atoms with Gasteiger partial charge in [0.25, 0.3) is 5.91 Å². The minimum absolute atomic E-state index is 0.287. The van der Waals surface area contributed by atoms with E-state index in [1.54, 1.807) is 44.4 Å². The second-order valence-corrected chi connectivity index (χ2v) is 7.50. The molecule has 2 N–H and O–H groups in total. The van der Waals surface area contributed by atoms with E-state index in [1.807, 2.05) is 18.2 Å². The molecule has 0 bridgehead atoms. The van der Waals surface area contributed by atoms with Gasteiger partial charge in [-0.3, -0.25) is 14.5 Å². The van der Waals surface area contributed by atoms with E-state index in [-0.39, 0.29) is 13.1 Å². The normalized spacial score (nSPS) is 18.8. The van der Waals surface area contributed by atoms with Gasteiger partial charge in [0, 0.05) is 11.0 Å². The third kappa shape index (κ3) is 4.01. The monoisotopic (exact) mass is 445 g/mol. The maximum absolute atomic E-state index is 12.9. The molecular weight excluding hydrogens is 426 g/mol. The van der Waals surface area contributed by atoms with Crippen LogP contribution in [0.1, 0.15) is 18.1 Å². The van der Waals surface area contributed by atoms with E-state index in [1.165, 1.54) is 0 Å². The number of hydrogen-bond acceptors (Lipinski definition) is 4. The minimum atomic E-state index is -1.21. The SMILES string of the molecule is COc1ccc(CNC(=O)CN2C(=O)N[C@@](C)(c3cccc(Br)c3)C2=O)cc1. The fraction of sp³-hybridized carbons (Fsp3) is 0.250. The first kappa shape index (κ1) is 19.9. The lowest BCUT2D eigenvalue weighted by atomic mass is 9.92. The molecular formula is C20H20BrN3O4. The van der Waals surface area contributed by atoms with Crippen LogP contribution in [0.2, 0.25) is 0 Å². The standard InChI is InChI=1S/C20H20BrN3O4/c1-20(14-4-3-5-15(21)10-14)18(26)24(19(27)23-20)12-17(25)22-11-13-6-8-16(28-2)9-7-13/h3-10H,11-12H2,1-2H3,(H,22,25)(H,23,27)/t20-/m0/s1. The number of nitrogens with one attached hydrogen (secondary N) is 2. The zero-order chi connectivity index (χ0) is 20.3. The third-order valence-corrected chi connectivity index (χ3v) is 5.12. The Bertz CT molecular complexity index is 916. The highest BCUT2D eigenvalue weighted by atomic mass is 79.9. The minimum Gasteiger partial charge on any atom is -0.497 e. The number of halogens is 1. The van der Waals surface area contributed by atoms with Crippen molar-refractivity contribution in [2.75, 3.05) is 13.7 Å². The number of carbonyl (C=O) groups is 3. The molecule has 7 nitrogen and oxygen atoms in total. The maximum Gasteiger partial charge on any atom is 0.325 e. The lowest BCUT2D eigenvalue weighted by Gasteiger charge is -2.22. The fourth-order valence-electron chi connectivity index (χ4n) is 2.98. The van der Waals surface area contributed by atoms with Gasteiger partial charge < -0.3 is 15.4 Å². The average molecular weight is 446 g/mol. The van der Waals surface area contributed by atoms with Gasteiger partial charge in [-0.05, 0) is 42.3 Å². The van der Waals surface area contributed by atoms with Crippen molar-refractivity contribution >= 4 is 33.8 Å². The number of methoxy groups -OCH3 is 1. The Kier molecular flexibility index (Phi) is 5.69. The van der Waals surface area contributed by atoms with Crippen LogP contribution in [0.25, 0.3) is 0 Å². The molecule has 0 radical (unpaired) electrons. The number of rotatable bonds is 6. The summed E-state index contributed by atoms with van der Waals surface area (Å²) in [5.41, 5.74) is 0.309. The topological polar surface area (TPSA) is 87.7 Å². The van der Waals surface area contributed by atoms with E-state index in [0.717, 1.165) is 20.7 Å². The Labute approximate surface area is 171 Å². The maximum atomic E-state index is 12.9. The number of ether oxygens (including phenoxy) is 1. The van der Waals surface area contributed by atoms with Crippen molar-refractivity contribution in [3.63, 3.8) is 0 Å². The largest absolute Gasteiger partial charge is 0.497 e. The Morgan fingerprint density at radius 3 is 2.57 bits per heavy atom. The Morgan fingerprint density at radius 2 is 1.93 bits per heavy atom. The van der Waals surface area contributed by atoms with E-state index in [0.29, 0.717) is 5.56 Å². The number of amides is 4. The summed E-state index contributed by atoms with van der Waals surface area (Å²) in [6.45, 7) is 1.57. The highest BCUT2D eigenvalue weighted by Gasteiger charge is 2.49. The van der Waals surface area contributed by atoms with Crippen LogP contribution < -0.4 is 15.4 Å². The summed E-state index contributed by atoms with van der Waals surface area (Å²) in [7, 11) is 1.58. The van der Waals surface area contributed by atoms with Gasteiger partial charge in [0.2, 0.25) is 5.91 Å². The molecule has 1 fully saturated rings. The molecule has 1 saturated heterocycles. The summed E-state index contributed by atoms with van der Waals surface area (Å²) in [4.78, 5) is 38.4. The number of carbonyl (C=O) groups excluding carboxylic acids is 3. The number of imide groups is 1. The molecule has 0 spiro atoms. The summed E-state index contributed by atoms with van der Waals surface area (Å²) in [5, 5.41) is 5.41. The Hall–Kier alpha value is -2.87. The fourth-order valence-corrected chi connectivity index (χ4v) is 3.38. The van der Waals surface area contributed by atoms with E-state index in [4.69, 9.17) is 4.74 Å². The smallest absolute Gasteiger partial charge is 0.325 e. The highest BCUT2D eigenvalue weighted by molar-refractivity contribution is 9.10. The molecule has 0 unspecified atom stereocenters. The summed E-state index contributed by atoms with van der Waals surface area (Å²) in [6.07, 6.45) is 0. The van der Waals surface area contributed by atoms with Gasteiger partial charge in [-0.25, -0.2) is 4.79 Å². The highest BCUT2D eigenvalue weighted by Crippen LogP contribution is 2.30. The summed E-state index contributed by atoms with van der Waals surface area (Å²) >= 11 is 3.37. The lowest BCUT2D eigenvalue weighted by Crippen LogP contribution is -2.43. The molecule has 0 saturated carbocycles. The molecule has 0 aliphatic carbocycles. The summed E-state index contributed by atoms with van der Waals surface area (Å²) in [5.74, 6) is -0.158. The third-order valence-electron chi connectivity index (χ3n) is 4.63. The van der Waals surface area contributed by atoms with Crippen LogP contribution in [0.15, 0.2) is 53.0 Å². The average Bonchev–Trinajstić information content (AvgIpc) is 2.91. The molecule has 1 aliphatic rings. The van der Waals surface area contributed by atoms with Crippen LogP contribution in [0.5, 0.6) is 5.75 Å². The van der Waals surface area contributed by atoms with E-state index < -0.39 is 23.4 Å². The number of urea groups is 1. The van der Waals surface area contributed by atoms with Crippen molar-refractivity contribution in [1.29, 1.82) is 0 Å². The van der Waals surface area contributed by atoms with Crippen molar-refractivity contribution in [3.05, 3.63) is 64.1 Å². The molecule has 2 aromatic rings. The molecule has 0 aromatic heterocycles. The second-order valence-electron chi connectivity index (χ2n) is 6.58. The first-order valence-electron chi connectivity index (χ1n) is 8.63. The van der Waals surface area contributed by atoms with E-state index in [2.05, 4.69) is 26.6 Å². The van der Waals surface area contributed by atoms with Gasteiger partial charge in [-0.15, -0.1) is 0 Å². The Balaban J connectivity index is 1.64. The molecule has 28 heavy (non-hydrogen) atoms. The zero-order valence-electron chi connectivity index (χ0n) is 15.5. The molecule has 146 valence electrons. The van der Waals surface area contributed by atoms with Crippen molar-refractivity contribution in [2.45, 2.75) is 19.0 Å². The van der Waals surface area contributed by atoms with Crippen LogP contribution in [-0.4, -0.2) is 36.4 Å². The molecule has 2 aromatic carbocycles. The van der Waals surface area contributed by atoms with E-state index in [9.17, 15) is 14.4 Å². The number of hydrogen-bond donors (Lipinski definition) is 2. The molecule has 3 rings (SSSR count). The predicted molar refractivity (Wildman–Crippen MR) is 107 cm³/mol. The second kappa shape index (κ2) is 8.02. The van der Waals surface area contributed by atoms with Gasteiger partial charge in [0.05, 0.1) is 7.11 Å². The quantitative estimate of drug-likeness (QED) is 0.668. The van der Waals surface area contributed by atoms with Crippen molar-refractivity contribution in [2.24, 2.45) is 0 Å². The van der Waals surface area contributed by atoms with Crippen LogP contribution in [-0.2, 0) is 21.7 Å². The lowest BCUT2D eigenvalue weighted by molar-refractivity contribution is -0.134. The van der Waals surface area contributed by atoms with Gasteiger partial charge in [0.15, 0.2) is 0 Å². The first-order valence-corrected chi connectivity index (χ1v) is 9.42. The Morgan fingerprint density at radius 1 is 1.21 bits per heavy atom. The van der Waals surface area contributed by atoms with Gasteiger partial charge in [-0.1, -0.05) is 40.2 Å². The number of nitrogens with zero attached hydrogens (tertiary/aromatic N) is 1. The number of benzene rings is 2. The van der Waals surface area contributed by atoms with Gasteiger partial charge >= 0.3 is 6.03 Å². The summed E-state index contributed by atoms with van der Waals surface area (Å²) in [6, 6.07) is 13.8. The van der Waals surface area contributed by atoms with E-state index >= 15 is 0 Å². The van der Waals surface area contributed by atoms with Gasteiger partial charge in [0.1, 0.15) is 17.8 Å². The van der Waals surface area contributed by atoms with Crippen LogP contribution >= 0.6 is 15.9 Å². The molecule has 1 aliphatic heterocycles. The van der Waals surface area contributed by atoms with Crippen LogP contribution in [0.4, 0.5) is 4.79 Å². The molecule has 8 heteroatoms. The molecule has 4 amide bonds. The van der Waals surface area contributed by atoms with Gasteiger partial charge in [-0.2, -0.15) is 0 Å². The van der Waals surface area contributed by atoms with Crippen molar-refractivity contribution in [1.82, 2.24) is 15.5 Å². The summed E-state index contributed by atoms with van der Waals surface area (Å²) < 4.78 is 5.89. The zero-order valence-corrected chi connectivity index (χ0v) is 17.1. The predicted octanol–water partition coefficient (Wildman–Crippen LogP) is 2.54.